The van der Waals surface area contributed by atoms with Crippen LogP contribution in [0.25, 0.3) is 0 Å². The Morgan fingerprint density at radius 3 is 2.44 bits per heavy atom. The first kappa shape index (κ1) is 13.5. The van der Waals surface area contributed by atoms with Gasteiger partial charge in [0.05, 0.1) is 0 Å². The summed E-state index contributed by atoms with van der Waals surface area (Å²) in [5.41, 5.74) is 0. The van der Waals surface area contributed by atoms with Crippen molar-refractivity contribution in [1.82, 2.24) is 10.6 Å². The predicted molar refractivity (Wildman–Crippen MR) is 67.3 cm³/mol. The third-order valence-electron chi connectivity index (χ3n) is 3.68. The quantitative estimate of drug-likeness (QED) is 0.752. The molecule has 1 aliphatic rings. The van der Waals surface area contributed by atoms with Gasteiger partial charge in [0, 0.05) is 18.5 Å². The lowest BCUT2D eigenvalue weighted by Gasteiger charge is -2.29. The molecule has 2 N–H and O–H groups in total. The Hall–Kier alpha value is -0.570. The van der Waals surface area contributed by atoms with Crippen molar-refractivity contribution in [3.63, 3.8) is 0 Å². The fourth-order valence-electron chi connectivity index (χ4n) is 2.52. The Kier molecular flexibility index (Phi) is 5.81. The number of hydrogen-bond donors (Lipinski definition) is 2. The van der Waals surface area contributed by atoms with Gasteiger partial charge >= 0.3 is 0 Å². The zero-order valence-corrected chi connectivity index (χ0v) is 10.9. The first-order chi connectivity index (χ1) is 7.65. The first-order valence-corrected chi connectivity index (χ1v) is 6.60. The molecule has 0 heterocycles. The summed E-state index contributed by atoms with van der Waals surface area (Å²) in [6, 6.07) is 0.340. The van der Waals surface area contributed by atoms with E-state index in [4.69, 9.17) is 0 Å². The fraction of sp³-hybridized carbons (Fsp3) is 0.923. The number of rotatable bonds is 5. The van der Waals surface area contributed by atoms with E-state index in [1.165, 1.54) is 32.1 Å². The van der Waals surface area contributed by atoms with Gasteiger partial charge in [0.1, 0.15) is 0 Å². The zero-order valence-electron chi connectivity index (χ0n) is 10.9. The molecular weight excluding hydrogens is 200 g/mol. The van der Waals surface area contributed by atoms with Crippen LogP contribution >= 0.6 is 0 Å². The van der Waals surface area contributed by atoms with Gasteiger partial charge < -0.3 is 10.6 Å². The summed E-state index contributed by atoms with van der Waals surface area (Å²) in [7, 11) is 1.88. The summed E-state index contributed by atoms with van der Waals surface area (Å²) in [5, 5.41) is 6.20. The Balaban J connectivity index is 2.31. The highest BCUT2D eigenvalue weighted by atomic mass is 16.1. The van der Waals surface area contributed by atoms with Gasteiger partial charge in [-0.25, -0.2) is 0 Å². The molecule has 1 saturated carbocycles. The van der Waals surface area contributed by atoms with Gasteiger partial charge in [0.25, 0.3) is 0 Å². The Bertz CT molecular complexity index is 212. The monoisotopic (exact) mass is 226 g/mol. The first-order valence-electron chi connectivity index (χ1n) is 6.60. The van der Waals surface area contributed by atoms with Crippen LogP contribution < -0.4 is 10.6 Å². The molecule has 1 unspecified atom stereocenters. The molecule has 0 radical (unpaired) electrons. The van der Waals surface area contributed by atoms with Crippen molar-refractivity contribution in [2.45, 2.75) is 52.0 Å². The second-order valence-corrected chi connectivity index (χ2v) is 5.15. The van der Waals surface area contributed by atoms with Crippen LogP contribution in [0.2, 0.25) is 0 Å². The molecule has 3 nitrogen and oxygen atoms in total. The highest BCUT2D eigenvalue weighted by Crippen LogP contribution is 2.26. The topological polar surface area (TPSA) is 41.1 Å². The van der Waals surface area contributed by atoms with E-state index in [9.17, 15) is 4.79 Å². The molecule has 0 aliphatic heterocycles. The highest BCUT2D eigenvalue weighted by molar-refractivity contribution is 5.78. The van der Waals surface area contributed by atoms with Crippen molar-refractivity contribution in [3.05, 3.63) is 0 Å². The number of hydrogen-bond acceptors (Lipinski definition) is 2. The molecule has 0 aromatic heterocycles. The predicted octanol–water partition coefficient (Wildman–Crippen LogP) is 1.93. The van der Waals surface area contributed by atoms with E-state index in [2.05, 4.69) is 17.6 Å². The summed E-state index contributed by atoms with van der Waals surface area (Å²) in [6.07, 6.45) is 6.59. The maximum Gasteiger partial charge on any atom is 0.224 e. The molecule has 1 amide bonds. The average Bonchev–Trinajstić information content (AvgIpc) is 2.30. The number of carbonyl (C=O) groups excluding carboxylic acids is 1. The molecule has 2 atom stereocenters. The lowest BCUT2D eigenvalue weighted by atomic mass is 9.84. The lowest BCUT2D eigenvalue weighted by Crippen LogP contribution is -2.43. The summed E-state index contributed by atoms with van der Waals surface area (Å²) >= 11 is 0. The third kappa shape index (κ3) is 4.12. The highest BCUT2D eigenvalue weighted by Gasteiger charge is 2.22. The normalized spacial score (nSPS) is 21.4. The van der Waals surface area contributed by atoms with Crippen LogP contribution in [-0.4, -0.2) is 25.5 Å². The van der Waals surface area contributed by atoms with Crippen molar-refractivity contribution in [1.29, 1.82) is 0 Å². The molecule has 0 aromatic rings. The third-order valence-corrected chi connectivity index (χ3v) is 3.68. The van der Waals surface area contributed by atoms with Gasteiger partial charge in [0.15, 0.2) is 0 Å². The number of carbonyl (C=O) groups is 1. The molecule has 1 aliphatic carbocycles. The van der Waals surface area contributed by atoms with Crippen molar-refractivity contribution >= 4 is 5.91 Å². The van der Waals surface area contributed by atoms with Crippen molar-refractivity contribution in [2.75, 3.05) is 13.6 Å². The van der Waals surface area contributed by atoms with Crippen LogP contribution in [0.1, 0.15) is 46.0 Å². The van der Waals surface area contributed by atoms with Gasteiger partial charge in [0.2, 0.25) is 5.91 Å². The van der Waals surface area contributed by atoms with Gasteiger partial charge in [-0.15, -0.1) is 0 Å². The summed E-state index contributed by atoms with van der Waals surface area (Å²) in [5.74, 6) is 0.947. The van der Waals surface area contributed by atoms with E-state index >= 15 is 0 Å². The van der Waals surface area contributed by atoms with Gasteiger partial charge in [-0.2, -0.15) is 0 Å². The van der Waals surface area contributed by atoms with Crippen molar-refractivity contribution in [3.8, 4) is 0 Å². The van der Waals surface area contributed by atoms with Crippen LogP contribution in [0.3, 0.4) is 0 Å². The Labute approximate surface area is 99.4 Å². The van der Waals surface area contributed by atoms with E-state index in [0.717, 1.165) is 6.54 Å². The van der Waals surface area contributed by atoms with E-state index < -0.39 is 0 Å². The van der Waals surface area contributed by atoms with E-state index in [0.29, 0.717) is 12.0 Å². The van der Waals surface area contributed by atoms with Crippen LogP contribution in [-0.2, 0) is 4.79 Å². The summed E-state index contributed by atoms with van der Waals surface area (Å²) in [4.78, 5) is 11.8. The largest absolute Gasteiger partial charge is 0.353 e. The summed E-state index contributed by atoms with van der Waals surface area (Å²) in [6.45, 7) is 4.88. The second-order valence-electron chi connectivity index (χ2n) is 5.15. The second kappa shape index (κ2) is 6.89. The van der Waals surface area contributed by atoms with Gasteiger partial charge in [-0.3, -0.25) is 4.79 Å². The van der Waals surface area contributed by atoms with Gasteiger partial charge in [-0.05, 0) is 32.7 Å². The summed E-state index contributed by atoms with van der Waals surface area (Å²) < 4.78 is 0. The fourth-order valence-corrected chi connectivity index (χ4v) is 2.52. The molecule has 1 rings (SSSR count). The Morgan fingerprint density at radius 2 is 1.88 bits per heavy atom. The molecule has 0 saturated heterocycles. The SMILES string of the molecule is CNCC(C)C(=O)N[C@@H](C)C1CCCCC1. The van der Waals surface area contributed by atoms with E-state index in [1.54, 1.807) is 0 Å². The molecule has 0 bridgehead atoms. The Morgan fingerprint density at radius 1 is 1.25 bits per heavy atom. The molecule has 3 heteroatoms. The lowest BCUT2D eigenvalue weighted by molar-refractivity contribution is -0.125. The van der Waals surface area contributed by atoms with Crippen molar-refractivity contribution in [2.24, 2.45) is 11.8 Å². The molecule has 16 heavy (non-hydrogen) atoms. The number of nitrogens with one attached hydrogen (secondary N) is 2. The molecule has 0 aromatic carbocycles. The maximum atomic E-state index is 11.8. The van der Waals surface area contributed by atoms with E-state index in [1.807, 2.05) is 14.0 Å². The standard InChI is InChI=1S/C13H26N2O/c1-10(9-14-3)13(16)15-11(2)12-7-5-4-6-8-12/h10-12,14H,4-9H2,1-3H3,(H,15,16)/t10?,11-/m0/s1. The minimum Gasteiger partial charge on any atom is -0.353 e. The molecule has 1 fully saturated rings. The van der Waals surface area contributed by atoms with Crippen molar-refractivity contribution < 1.29 is 4.79 Å². The van der Waals surface area contributed by atoms with E-state index in [-0.39, 0.29) is 11.8 Å². The van der Waals surface area contributed by atoms with Crippen LogP contribution in [0.4, 0.5) is 0 Å². The maximum absolute atomic E-state index is 11.8. The average molecular weight is 226 g/mol. The molecular formula is C13H26N2O. The minimum atomic E-state index is 0.0658. The molecule has 94 valence electrons. The van der Waals surface area contributed by atoms with Gasteiger partial charge in [-0.1, -0.05) is 26.2 Å². The zero-order chi connectivity index (χ0) is 12.0. The van der Waals surface area contributed by atoms with Crippen LogP contribution in [0, 0.1) is 11.8 Å². The smallest absolute Gasteiger partial charge is 0.224 e. The number of amides is 1. The van der Waals surface area contributed by atoms with Crippen LogP contribution in [0.5, 0.6) is 0 Å². The minimum absolute atomic E-state index is 0.0658. The molecule has 0 spiro atoms. The van der Waals surface area contributed by atoms with Crippen LogP contribution in [0.15, 0.2) is 0 Å².